The van der Waals surface area contributed by atoms with E-state index in [9.17, 15) is 24.3 Å². The number of carbonyl (C=O) groups excluding carboxylic acids is 3. The van der Waals surface area contributed by atoms with Crippen LogP contribution in [0, 0.1) is 0 Å². The van der Waals surface area contributed by atoms with E-state index in [1.807, 2.05) is 36.8 Å². The first-order valence-electron chi connectivity index (χ1n) is 11.7. The monoisotopic (exact) mass is 569 g/mol. The lowest BCUT2D eigenvalue weighted by Gasteiger charge is -2.24. The van der Waals surface area contributed by atoms with Gasteiger partial charge in [-0.25, -0.2) is 4.79 Å². The zero-order chi connectivity index (χ0) is 27.4. The summed E-state index contributed by atoms with van der Waals surface area (Å²) in [6.45, 7) is 0. The molecule has 0 saturated carbocycles. The second-order valence-electron chi connectivity index (χ2n) is 8.44. The molecule has 2 aromatic rings. The van der Waals surface area contributed by atoms with Gasteiger partial charge in [0.2, 0.25) is 17.7 Å². The molecule has 10 nitrogen and oxygen atoms in total. The molecular formula is C24H35N5O5S3. The molecule has 0 aliphatic rings. The molecule has 0 aliphatic heterocycles. The van der Waals surface area contributed by atoms with Gasteiger partial charge in [0.15, 0.2) is 0 Å². The van der Waals surface area contributed by atoms with Crippen molar-refractivity contribution in [2.45, 2.75) is 43.4 Å². The quantitative estimate of drug-likeness (QED) is 0.147. The van der Waals surface area contributed by atoms with Crippen molar-refractivity contribution in [1.82, 2.24) is 20.9 Å². The zero-order valence-electron chi connectivity index (χ0n) is 20.9. The summed E-state index contributed by atoms with van der Waals surface area (Å²) in [6.07, 6.45) is 6.30. The van der Waals surface area contributed by atoms with Gasteiger partial charge in [0, 0.05) is 29.3 Å². The van der Waals surface area contributed by atoms with Crippen LogP contribution in [0.2, 0.25) is 0 Å². The number of carboxylic acids is 1. The number of aromatic amines is 1. The second kappa shape index (κ2) is 15.8. The number of nitrogens with two attached hydrogens (primary N) is 1. The average molecular weight is 570 g/mol. The molecule has 0 radical (unpaired) electrons. The Labute approximate surface area is 230 Å². The standard InChI is InChI=1S/C24H35N5O5S3/c1-36-9-7-16(25)21(30)29-20(13-35)23(32)27-18(8-10-37-2)22(31)28-19(24(33)34)11-14-12-26-17-6-4-3-5-15(14)17/h3-6,12,16,18-20,26,35H,7-11,13,25H2,1-2H3,(H,27,32)(H,28,31)(H,29,30)(H,33,34). The Morgan fingerprint density at radius 1 is 0.946 bits per heavy atom. The lowest BCUT2D eigenvalue weighted by molar-refractivity contribution is -0.142. The first kappa shape index (κ1) is 30.9. The van der Waals surface area contributed by atoms with Crippen molar-refractivity contribution >= 4 is 70.7 Å². The maximum absolute atomic E-state index is 13.1. The molecule has 1 aromatic heterocycles. The molecule has 204 valence electrons. The van der Waals surface area contributed by atoms with Crippen molar-refractivity contribution < 1.29 is 24.3 Å². The Kier molecular flexibility index (Phi) is 13.2. The van der Waals surface area contributed by atoms with Crippen LogP contribution in [0.4, 0.5) is 0 Å². The zero-order valence-corrected chi connectivity index (χ0v) is 23.4. The summed E-state index contributed by atoms with van der Waals surface area (Å²) in [5.74, 6) is -1.61. The summed E-state index contributed by atoms with van der Waals surface area (Å²) in [6, 6.07) is 3.53. The maximum atomic E-state index is 13.1. The molecule has 0 saturated heterocycles. The molecule has 13 heteroatoms. The Morgan fingerprint density at radius 3 is 2.19 bits per heavy atom. The number of nitrogens with one attached hydrogen (secondary N) is 4. The minimum absolute atomic E-state index is 0.00199. The molecule has 4 atom stereocenters. The fraction of sp³-hybridized carbons (Fsp3) is 0.500. The van der Waals surface area contributed by atoms with Crippen LogP contribution in [-0.4, -0.2) is 87.7 Å². The van der Waals surface area contributed by atoms with Crippen molar-refractivity contribution in [3.8, 4) is 0 Å². The molecule has 0 aliphatic carbocycles. The maximum Gasteiger partial charge on any atom is 0.326 e. The predicted octanol–water partition coefficient (Wildman–Crippen LogP) is 1.01. The van der Waals surface area contributed by atoms with Crippen LogP contribution in [0.5, 0.6) is 0 Å². The number of aromatic nitrogens is 1. The smallest absolute Gasteiger partial charge is 0.326 e. The van der Waals surface area contributed by atoms with E-state index in [1.165, 1.54) is 11.8 Å². The van der Waals surface area contributed by atoms with Crippen molar-refractivity contribution in [2.24, 2.45) is 5.73 Å². The largest absolute Gasteiger partial charge is 0.480 e. The van der Waals surface area contributed by atoms with Gasteiger partial charge in [-0.2, -0.15) is 36.2 Å². The van der Waals surface area contributed by atoms with E-state index in [2.05, 4.69) is 33.6 Å². The Hall–Kier alpha value is -2.35. The third kappa shape index (κ3) is 9.47. The van der Waals surface area contributed by atoms with E-state index < -0.39 is 47.9 Å². The Morgan fingerprint density at radius 2 is 1.54 bits per heavy atom. The molecule has 0 bridgehead atoms. The summed E-state index contributed by atoms with van der Waals surface area (Å²) < 4.78 is 0. The third-order valence-corrected chi connectivity index (χ3v) is 7.40. The van der Waals surface area contributed by atoms with Crippen LogP contribution >= 0.6 is 36.2 Å². The third-order valence-electron chi connectivity index (χ3n) is 5.74. The van der Waals surface area contributed by atoms with Crippen LogP contribution < -0.4 is 21.7 Å². The summed E-state index contributed by atoms with van der Waals surface area (Å²) in [5.41, 5.74) is 7.51. The van der Waals surface area contributed by atoms with Gasteiger partial charge < -0.3 is 31.8 Å². The van der Waals surface area contributed by atoms with Crippen molar-refractivity contribution in [3.05, 3.63) is 36.0 Å². The van der Waals surface area contributed by atoms with Gasteiger partial charge in [0.1, 0.15) is 18.1 Å². The van der Waals surface area contributed by atoms with Gasteiger partial charge in [-0.3, -0.25) is 14.4 Å². The van der Waals surface area contributed by atoms with Crippen LogP contribution in [0.25, 0.3) is 10.9 Å². The minimum Gasteiger partial charge on any atom is -0.480 e. The van der Waals surface area contributed by atoms with Gasteiger partial charge in [0.05, 0.1) is 6.04 Å². The molecule has 3 amide bonds. The van der Waals surface area contributed by atoms with Gasteiger partial charge >= 0.3 is 5.97 Å². The number of thiol groups is 1. The normalized spacial score (nSPS) is 14.4. The molecule has 1 heterocycles. The van der Waals surface area contributed by atoms with Crippen molar-refractivity contribution in [2.75, 3.05) is 29.8 Å². The lowest BCUT2D eigenvalue weighted by atomic mass is 10.0. The number of fused-ring (bicyclic) bond motifs is 1. The molecule has 2 rings (SSSR count). The topological polar surface area (TPSA) is 166 Å². The summed E-state index contributed by atoms with van der Waals surface area (Å²) in [4.78, 5) is 53.5. The van der Waals surface area contributed by atoms with Crippen LogP contribution in [0.15, 0.2) is 30.5 Å². The van der Waals surface area contributed by atoms with Crippen molar-refractivity contribution in [3.63, 3.8) is 0 Å². The van der Waals surface area contributed by atoms with Crippen LogP contribution in [0.1, 0.15) is 18.4 Å². The first-order chi connectivity index (χ1) is 17.7. The number of aliphatic carboxylic acids is 1. The highest BCUT2D eigenvalue weighted by molar-refractivity contribution is 7.98. The number of carbonyl (C=O) groups is 4. The van der Waals surface area contributed by atoms with Gasteiger partial charge in [-0.15, -0.1) is 0 Å². The lowest BCUT2D eigenvalue weighted by Crippen LogP contribution is -2.58. The fourth-order valence-corrected chi connectivity index (χ4v) is 4.84. The molecule has 1 aromatic carbocycles. The summed E-state index contributed by atoms with van der Waals surface area (Å²) in [5, 5.41) is 18.5. The van der Waals surface area contributed by atoms with E-state index in [0.717, 1.165) is 16.5 Å². The fourth-order valence-electron chi connectivity index (χ4n) is 3.62. The van der Waals surface area contributed by atoms with Crippen LogP contribution in [0.3, 0.4) is 0 Å². The SMILES string of the molecule is CSCCC(N)C(=O)NC(CS)C(=O)NC(CCSC)C(=O)NC(Cc1c[nH]c2ccccc12)C(=O)O. The number of carboxylic acid groups (broad SMARTS) is 1. The van der Waals surface area contributed by atoms with Gasteiger partial charge in [-0.1, -0.05) is 18.2 Å². The number of hydrogen-bond donors (Lipinski definition) is 7. The Bertz CT molecular complexity index is 1070. The summed E-state index contributed by atoms with van der Waals surface area (Å²) in [7, 11) is 0. The molecule has 0 fully saturated rings. The predicted molar refractivity (Wildman–Crippen MR) is 153 cm³/mol. The number of benzene rings is 1. The first-order valence-corrected chi connectivity index (χ1v) is 15.2. The Balaban J connectivity index is 2.09. The molecule has 37 heavy (non-hydrogen) atoms. The molecule has 0 spiro atoms. The highest BCUT2D eigenvalue weighted by atomic mass is 32.2. The minimum atomic E-state index is -1.20. The molecule has 7 N–H and O–H groups in total. The number of hydrogen-bond acceptors (Lipinski definition) is 8. The second-order valence-corrected chi connectivity index (χ2v) is 10.8. The highest BCUT2D eigenvalue weighted by Gasteiger charge is 2.30. The van der Waals surface area contributed by atoms with Gasteiger partial charge in [-0.05, 0) is 48.5 Å². The van der Waals surface area contributed by atoms with E-state index in [-0.39, 0.29) is 18.6 Å². The van der Waals surface area contributed by atoms with E-state index in [4.69, 9.17) is 5.73 Å². The van der Waals surface area contributed by atoms with Gasteiger partial charge in [0.25, 0.3) is 0 Å². The van der Waals surface area contributed by atoms with E-state index in [1.54, 1.807) is 18.0 Å². The number of H-pyrrole nitrogens is 1. The number of amides is 3. The average Bonchev–Trinajstić information content (AvgIpc) is 3.29. The number of rotatable bonds is 16. The summed E-state index contributed by atoms with van der Waals surface area (Å²) >= 11 is 7.22. The molecular weight excluding hydrogens is 534 g/mol. The van der Waals surface area contributed by atoms with E-state index >= 15 is 0 Å². The molecule has 4 unspecified atom stereocenters. The number of para-hydroxylation sites is 1. The number of thioether (sulfide) groups is 2. The van der Waals surface area contributed by atoms with Crippen molar-refractivity contribution in [1.29, 1.82) is 0 Å². The van der Waals surface area contributed by atoms with E-state index in [0.29, 0.717) is 17.9 Å². The van der Waals surface area contributed by atoms with Crippen LogP contribution in [-0.2, 0) is 25.6 Å². The highest BCUT2D eigenvalue weighted by Crippen LogP contribution is 2.19.